The second-order valence-corrected chi connectivity index (χ2v) is 6.24. The van der Waals surface area contributed by atoms with Gasteiger partial charge >= 0.3 is 0 Å². The Kier molecular flexibility index (Phi) is 5.34. The Hall–Kier alpha value is -1.42. The van der Waals surface area contributed by atoms with Gasteiger partial charge in [-0.05, 0) is 49.3 Å². The summed E-state index contributed by atoms with van der Waals surface area (Å²) in [5, 5.41) is 0. The van der Waals surface area contributed by atoms with Crippen LogP contribution in [0.2, 0.25) is 0 Å². The summed E-state index contributed by atoms with van der Waals surface area (Å²) in [5.41, 5.74) is 6.80. The van der Waals surface area contributed by atoms with Gasteiger partial charge in [-0.3, -0.25) is 4.79 Å². The predicted molar refractivity (Wildman–Crippen MR) is 82.4 cm³/mol. The third-order valence-electron chi connectivity index (χ3n) is 4.53. The predicted octanol–water partition coefficient (Wildman–Crippen LogP) is 2.91. The summed E-state index contributed by atoms with van der Waals surface area (Å²) in [5.74, 6) is 0.480. The Bertz CT molecular complexity index is 481. The molecule has 0 spiro atoms. The van der Waals surface area contributed by atoms with E-state index in [0.717, 1.165) is 31.5 Å². The van der Waals surface area contributed by atoms with E-state index in [1.165, 1.54) is 12.1 Å². The molecule has 1 saturated heterocycles. The van der Waals surface area contributed by atoms with Gasteiger partial charge in [0, 0.05) is 25.6 Å². The summed E-state index contributed by atoms with van der Waals surface area (Å²) in [4.78, 5) is 14.3. The van der Waals surface area contributed by atoms with Crippen LogP contribution in [0.25, 0.3) is 0 Å². The number of carbonyl (C=O) groups is 1. The molecular formula is C17H25FN2O. The van der Waals surface area contributed by atoms with Crippen LogP contribution in [0, 0.1) is 11.7 Å². The lowest BCUT2D eigenvalue weighted by Crippen LogP contribution is -2.42. The first-order valence-corrected chi connectivity index (χ1v) is 7.76. The molecule has 0 saturated carbocycles. The monoisotopic (exact) mass is 292 g/mol. The number of rotatable bonds is 4. The van der Waals surface area contributed by atoms with Crippen LogP contribution >= 0.6 is 0 Å². The molecular weight excluding hydrogens is 267 g/mol. The van der Waals surface area contributed by atoms with Crippen LogP contribution in [-0.4, -0.2) is 29.9 Å². The third-order valence-corrected chi connectivity index (χ3v) is 4.53. The Labute approximate surface area is 126 Å². The molecule has 116 valence electrons. The van der Waals surface area contributed by atoms with Crippen molar-refractivity contribution in [2.75, 3.05) is 13.1 Å². The number of halogens is 1. The van der Waals surface area contributed by atoms with Crippen molar-refractivity contribution in [3.8, 4) is 0 Å². The highest BCUT2D eigenvalue weighted by Gasteiger charge is 2.25. The lowest BCUT2D eigenvalue weighted by atomic mass is 9.90. The number of carbonyl (C=O) groups excluding carboxylic acids is 1. The van der Waals surface area contributed by atoms with E-state index in [-0.39, 0.29) is 23.7 Å². The molecule has 21 heavy (non-hydrogen) atoms. The summed E-state index contributed by atoms with van der Waals surface area (Å²) >= 11 is 0. The number of amides is 1. The first kappa shape index (κ1) is 16.0. The summed E-state index contributed by atoms with van der Waals surface area (Å²) in [7, 11) is 0. The smallest absolute Gasteiger partial charge is 0.223 e. The number of nitrogens with zero attached hydrogens (tertiary/aromatic N) is 1. The van der Waals surface area contributed by atoms with E-state index in [2.05, 4.69) is 0 Å². The molecule has 2 rings (SSSR count). The quantitative estimate of drug-likeness (QED) is 0.927. The van der Waals surface area contributed by atoms with Crippen LogP contribution in [-0.2, 0) is 4.79 Å². The summed E-state index contributed by atoms with van der Waals surface area (Å²) < 4.78 is 13.2. The van der Waals surface area contributed by atoms with E-state index in [1.54, 1.807) is 6.07 Å². The Morgan fingerprint density at radius 3 is 2.62 bits per heavy atom. The molecule has 0 aliphatic carbocycles. The lowest BCUT2D eigenvalue weighted by molar-refractivity contribution is -0.133. The van der Waals surface area contributed by atoms with Gasteiger partial charge in [0.2, 0.25) is 5.91 Å². The van der Waals surface area contributed by atoms with Crippen molar-refractivity contribution < 1.29 is 9.18 Å². The first-order chi connectivity index (χ1) is 9.97. The Morgan fingerprint density at radius 2 is 2.05 bits per heavy atom. The third kappa shape index (κ3) is 4.27. The van der Waals surface area contributed by atoms with Crippen LogP contribution in [0.4, 0.5) is 4.39 Å². The molecule has 0 bridgehead atoms. The fraction of sp³-hybridized carbons (Fsp3) is 0.588. The molecule has 2 unspecified atom stereocenters. The van der Waals surface area contributed by atoms with Gasteiger partial charge in [-0.25, -0.2) is 4.39 Å². The highest BCUT2D eigenvalue weighted by Crippen LogP contribution is 2.24. The van der Waals surface area contributed by atoms with Crippen molar-refractivity contribution in [1.29, 1.82) is 0 Å². The number of hydrogen-bond acceptors (Lipinski definition) is 2. The normalized spacial score (nSPS) is 19.3. The molecule has 1 fully saturated rings. The first-order valence-electron chi connectivity index (χ1n) is 7.76. The van der Waals surface area contributed by atoms with Gasteiger partial charge in [0.25, 0.3) is 0 Å². The number of piperidine rings is 1. The van der Waals surface area contributed by atoms with Crippen molar-refractivity contribution in [1.82, 2.24) is 4.90 Å². The molecule has 1 aromatic carbocycles. The molecule has 1 aliphatic heterocycles. The SMILES string of the molecule is CC(CC(=O)N1CCC(C(C)N)CC1)c1cccc(F)c1. The van der Waals surface area contributed by atoms with Crippen LogP contribution in [0.1, 0.15) is 44.6 Å². The minimum absolute atomic E-state index is 0.0411. The molecule has 1 amide bonds. The topological polar surface area (TPSA) is 46.3 Å². The van der Waals surface area contributed by atoms with Gasteiger partial charge in [0.05, 0.1) is 0 Å². The maximum Gasteiger partial charge on any atom is 0.223 e. The molecule has 4 heteroatoms. The van der Waals surface area contributed by atoms with Crippen molar-refractivity contribution in [2.24, 2.45) is 11.7 Å². The zero-order valence-electron chi connectivity index (χ0n) is 12.9. The van der Waals surface area contributed by atoms with Gasteiger partial charge in [-0.1, -0.05) is 19.1 Å². The summed E-state index contributed by atoms with van der Waals surface area (Å²) in [6.07, 6.45) is 2.40. The number of likely N-dealkylation sites (tertiary alicyclic amines) is 1. The van der Waals surface area contributed by atoms with Crippen molar-refractivity contribution >= 4 is 5.91 Å². The van der Waals surface area contributed by atoms with E-state index in [1.807, 2.05) is 24.8 Å². The fourth-order valence-electron chi connectivity index (χ4n) is 3.00. The fourth-order valence-corrected chi connectivity index (χ4v) is 3.00. The largest absolute Gasteiger partial charge is 0.343 e. The molecule has 1 aromatic rings. The van der Waals surface area contributed by atoms with Crippen LogP contribution in [0.5, 0.6) is 0 Å². The molecule has 1 heterocycles. The Balaban J connectivity index is 1.87. The van der Waals surface area contributed by atoms with Crippen LogP contribution in [0.3, 0.4) is 0 Å². The molecule has 0 aromatic heterocycles. The molecule has 2 atom stereocenters. The van der Waals surface area contributed by atoms with E-state index >= 15 is 0 Å². The lowest BCUT2D eigenvalue weighted by Gasteiger charge is -2.34. The van der Waals surface area contributed by atoms with Gasteiger partial charge in [0.1, 0.15) is 5.82 Å². The molecule has 0 radical (unpaired) electrons. The molecule has 1 aliphatic rings. The van der Waals surface area contributed by atoms with Crippen molar-refractivity contribution in [3.63, 3.8) is 0 Å². The van der Waals surface area contributed by atoms with Crippen LogP contribution in [0.15, 0.2) is 24.3 Å². The maximum atomic E-state index is 13.2. The maximum absolute atomic E-state index is 13.2. The summed E-state index contributed by atoms with van der Waals surface area (Å²) in [6, 6.07) is 6.72. The molecule has 3 nitrogen and oxygen atoms in total. The minimum Gasteiger partial charge on any atom is -0.343 e. The van der Waals surface area contributed by atoms with E-state index in [0.29, 0.717) is 12.3 Å². The zero-order valence-corrected chi connectivity index (χ0v) is 12.9. The second kappa shape index (κ2) is 7.03. The van der Waals surface area contributed by atoms with E-state index in [4.69, 9.17) is 5.73 Å². The number of hydrogen-bond donors (Lipinski definition) is 1. The standard InChI is InChI=1S/C17H25FN2O/c1-12(15-4-3-5-16(18)11-15)10-17(21)20-8-6-14(7-9-20)13(2)19/h3-5,11-14H,6-10,19H2,1-2H3. The van der Waals surface area contributed by atoms with Crippen molar-refractivity contribution in [2.45, 2.75) is 45.1 Å². The van der Waals surface area contributed by atoms with E-state index in [9.17, 15) is 9.18 Å². The van der Waals surface area contributed by atoms with Gasteiger partial charge < -0.3 is 10.6 Å². The van der Waals surface area contributed by atoms with Gasteiger partial charge in [-0.15, -0.1) is 0 Å². The van der Waals surface area contributed by atoms with Crippen molar-refractivity contribution in [3.05, 3.63) is 35.6 Å². The second-order valence-electron chi connectivity index (χ2n) is 6.24. The van der Waals surface area contributed by atoms with Gasteiger partial charge in [0.15, 0.2) is 0 Å². The molecule has 2 N–H and O–H groups in total. The number of nitrogens with two attached hydrogens (primary N) is 1. The zero-order chi connectivity index (χ0) is 15.4. The number of benzene rings is 1. The average molecular weight is 292 g/mol. The van der Waals surface area contributed by atoms with E-state index < -0.39 is 0 Å². The average Bonchev–Trinajstić information content (AvgIpc) is 2.47. The Morgan fingerprint density at radius 1 is 1.38 bits per heavy atom. The highest BCUT2D eigenvalue weighted by molar-refractivity contribution is 5.77. The summed E-state index contributed by atoms with van der Waals surface area (Å²) in [6.45, 7) is 5.59. The van der Waals surface area contributed by atoms with Crippen LogP contribution < -0.4 is 5.73 Å². The van der Waals surface area contributed by atoms with Gasteiger partial charge in [-0.2, -0.15) is 0 Å². The highest BCUT2D eigenvalue weighted by atomic mass is 19.1. The minimum atomic E-state index is -0.246.